The van der Waals surface area contributed by atoms with Crippen molar-refractivity contribution in [2.24, 2.45) is 0 Å². The van der Waals surface area contributed by atoms with Crippen molar-refractivity contribution in [2.75, 3.05) is 19.7 Å². The summed E-state index contributed by atoms with van der Waals surface area (Å²) in [4.78, 5) is 21.6. The minimum atomic E-state index is -0.842. The SMILES string of the molecule is CCCCCCCCC=CCOC(=O)CCNCCC(=O)O. The van der Waals surface area contributed by atoms with Crippen molar-refractivity contribution in [2.45, 2.75) is 64.7 Å². The van der Waals surface area contributed by atoms with Crippen LogP contribution >= 0.6 is 0 Å². The molecule has 0 amide bonds. The number of allylic oxidation sites excluding steroid dienone is 1. The fourth-order valence-electron chi connectivity index (χ4n) is 1.95. The lowest BCUT2D eigenvalue weighted by molar-refractivity contribution is -0.142. The molecule has 0 saturated heterocycles. The van der Waals surface area contributed by atoms with E-state index in [1.165, 1.54) is 38.5 Å². The molecule has 5 nitrogen and oxygen atoms in total. The van der Waals surface area contributed by atoms with Gasteiger partial charge in [-0.25, -0.2) is 0 Å². The van der Waals surface area contributed by atoms with Gasteiger partial charge in [-0.05, 0) is 12.8 Å². The Morgan fingerprint density at radius 1 is 1.00 bits per heavy atom. The Balaban J connectivity index is 3.29. The van der Waals surface area contributed by atoms with Crippen LogP contribution in [-0.2, 0) is 14.3 Å². The molecule has 22 heavy (non-hydrogen) atoms. The van der Waals surface area contributed by atoms with Crippen molar-refractivity contribution < 1.29 is 19.4 Å². The van der Waals surface area contributed by atoms with Gasteiger partial charge in [0.1, 0.15) is 6.61 Å². The van der Waals surface area contributed by atoms with Gasteiger partial charge in [0.15, 0.2) is 0 Å². The molecule has 128 valence electrons. The average Bonchev–Trinajstić information content (AvgIpc) is 2.48. The predicted molar refractivity (Wildman–Crippen MR) is 87.8 cm³/mol. The second-order valence-electron chi connectivity index (χ2n) is 5.35. The van der Waals surface area contributed by atoms with Crippen molar-refractivity contribution in [3.8, 4) is 0 Å². The summed E-state index contributed by atoms with van der Waals surface area (Å²) in [6, 6.07) is 0. The molecule has 0 saturated carbocycles. The molecule has 0 radical (unpaired) electrons. The summed E-state index contributed by atoms with van der Waals surface area (Å²) in [5, 5.41) is 11.3. The summed E-state index contributed by atoms with van der Waals surface area (Å²) in [6.45, 7) is 3.37. The number of unbranched alkanes of at least 4 members (excludes halogenated alkanes) is 6. The van der Waals surface area contributed by atoms with Crippen molar-refractivity contribution in [3.05, 3.63) is 12.2 Å². The van der Waals surface area contributed by atoms with Crippen molar-refractivity contribution in [3.63, 3.8) is 0 Å². The maximum Gasteiger partial charge on any atom is 0.307 e. The molecule has 0 fully saturated rings. The first-order chi connectivity index (χ1) is 10.7. The maximum absolute atomic E-state index is 11.4. The summed E-state index contributed by atoms with van der Waals surface area (Å²) in [5.74, 6) is -1.10. The van der Waals surface area contributed by atoms with E-state index < -0.39 is 5.97 Å². The minimum absolute atomic E-state index is 0.0657. The second kappa shape index (κ2) is 16.0. The number of ether oxygens (including phenoxy) is 1. The quantitative estimate of drug-likeness (QED) is 0.276. The second-order valence-corrected chi connectivity index (χ2v) is 5.35. The Bertz CT molecular complexity index is 316. The number of carbonyl (C=O) groups excluding carboxylic acids is 1. The molecule has 0 aromatic carbocycles. The van der Waals surface area contributed by atoms with Gasteiger partial charge < -0.3 is 15.2 Å². The number of carboxylic acids is 1. The number of carbonyl (C=O) groups is 2. The van der Waals surface area contributed by atoms with Crippen LogP contribution in [0.5, 0.6) is 0 Å². The first kappa shape index (κ1) is 20.6. The van der Waals surface area contributed by atoms with Crippen LogP contribution in [0, 0.1) is 0 Å². The van der Waals surface area contributed by atoms with Crippen molar-refractivity contribution in [1.82, 2.24) is 5.32 Å². The molecule has 0 aliphatic rings. The molecule has 5 heteroatoms. The number of hydrogen-bond donors (Lipinski definition) is 2. The van der Waals surface area contributed by atoms with E-state index in [-0.39, 0.29) is 18.8 Å². The molecule has 0 aliphatic heterocycles. The summed E-state index contributed by atoms with van der Waals surface area (Å²) < 4.78 is 5.05. The van der Waals surface area contributed by atoms with Crippen LogP contribution in [-0.4, -0.2) is 36.7 Å². The number of hydrogen-bond acceptors (Lipinski definition) is 4. The van der Waals surface area contributed by atoms with E-state index in [4.69, 9.17) is 9.84 Å². The van der Waals surface area contributed by atoms with Crippen LogP contribution in [0.3, 0.4) is 0 Å². The average molecular weight is 313 g/mol. The number of rotatable bonds is 15. The zero-order valence-corrected chi connectivity index (χ0v) is 13.8. The summed E-state index contributed by atoms with van der Waals surface area (Å²) in [7, 11) is 0. The van der Waals surface area contributed by atoms with E-state index in [0.29, 0.717) is 19.7 Å². The Morgan fingerprint density at radius 3 is 2.41 bits per heavy atom. The molecule has 2 N–H and O–H groups in total. The van der Waals surface area contributed by atoms with E-state index in [0.717, 1.165) is 6.42 Å². The number of aliphatic carboxylic acids is 1. The molecular formula is C17H31NO4. The zero-order valence-electron chi connectivity index (χ0n) is 13.8. The van der Waals surface area contributed by atoms with Gasteiger partial charge in [-0.3, -0.25) is 9.59 Å². The van der Waals surface area contributed by atoms with Crippen LogP contribution in [0.2, 0.25) is 0 Å². The lowest BCUT2D eigenvalue weighted by atomic mass is 10.1. The van der Waals surface area contributed by atoms with Gasteiger partial charge in [0.25, 0.3) is 0 Å². The third-order valence-electron chi connectivity index (χ3n) is 3.25. The summed E-state index contributed by atoms with van der Waals surface area (Å²) >= 11 is 0. The van der Waals surface area contributed by atoms with Gasteiger partial charge in [0.05, 0.1) is 12.8 Å². The number of nitrogens with one attached hydrogen (secondary N) is 1. The smallest absolute Gasteiger partial charge is 0.307 e. The first-order valence-corrected chi connectivity index (χ1v) is 8.40. The monoisotopic (exact) mass is 313 g/mol. The van der Waals surface area contributed by atoms with E-state index in [9.17, 15) is 9.59 Å². The molecule has 0 rings (SSSR count). The molecule has 0 unspecified atom stereocenters. The highest BCUT2D eigenvalue weighted by Crippen LogP contribution is 2.07. The highest BCUT2D eigenvalue weighted by Gasteiger charge is 2.01. The van der Waals surface area contributed by atoms with Crippen LogP contribution in [0.25, 0.3) is 0 Å². The largest absolute Gasteiger partial charge is 0.481 e. The van der Waals surface area contributed by atoms with Crippen LogP contribution in [0.1, 0.15) is 64.7 Å². The lowest BCUT2D eigenvalue weighted by Crippen LogP contribution is -2.22. The molecule has 0 spiro atoms. The normalized spacial score (nSPS) is 11.0. The fraction of sp³-hybridized carbons (Fsp3) is 0.765. The Morgan fingerprint density at radius 2 is 1.68 bits per heavy atom. The summed E-state index contributed by atoms with van der Waals surface area (Å²) in [5.41, 5.74) is 0. The number of carboxylic acid groups (broad SMARTS) is 1. The predicted octanol–water partition coefficient (Wildman–Crippen LogP) is 3.29. The highest BCUT2D eigenvalue weighted by atomic mass is 16.5. The molecule has 0 aliphatic carbocycles. The van der Waals surface area contributed by atoms with Crippen LogP contribution < -0.4 is 5.32 Å². The third-order valence-corrected chi connectivity index (χ3v) is 3.25. The standard InChI is InChI=1S/C17H31NO4/c1-2-3-4-5-6-7-8-9-10-15-22-17(21)12-14-18-13-11-16(19)20/h9-10,18H,2-8,11-15H2,1H3,(H,19,20). The van der Waals surface area contributed by atoms with Gasteiger partial charge in [-0.1, -0.05) is 51.2 Å². The molecule has 0 aromatic rings. The zero-order chi connectivity index (χ0) is 16.5. The molecule has 0 heterocycles. The van der Waals surface area contributed by atoms with Crippen LogP contribution in [0.15, 0.2) is 12.2 Å². The number of esters is 1. The molecule has 0 aromatic heterocycles. The third kappa shape index (κ3) is 16.7. The Hall–Kier alpha value is -1.36. The van der Waals surface area contributed by atoms with Gasteiger partial charge in [-0.15, -0.1) is 0 Å². The minimum Gasteiger partial charge on any atom is -0.481 e. The van der Waals surface area contributed by atoms with Crippen molar-refractivity contribution in [1.29, 1.82) is 0 Å². The van der Waals surface area contributed by atoms with Gasteiger partial charge in [0.2, 0.25) is 0 Å². The van der Waals surface area contributed by atoms with E-state index in [2.05, 4.69) is 18.3 Å². The molecule has 0 atom stereocenters. The van der Waals surface area contributed by atoms with Gasteiger partial charge in [-0.2, -0.15) is 0 Å². The summed E-state index contributed by atoms with van der Waals surface area (Å²) in [6.07, 6.45) is 13.1. The molecular weight excluding hydrogens is 282 g/mol. The lowest BCUT2D eigenvalue weighted by Gasteiger charge is -2.03. The Kier molecular flexibility index (Phi) is 15.0. The van der Waals surface area contributed by atoms with Gasteiger partial charge >= 0.3 is 11.9 Å². The fourth-order valence-corrected chi connectivity index (χ4v) is 1.95. The van der Waals surface area contributed by atoms with E-state index in [1.807, 2.05) is 6.08 Å². The maximum atomic E-state index is 11.4. The highest BCUT2D eigenvalue weighted by molar-refractivity contribution is 5.69. The first-order valence-electron chi connectivity index (χ1n) is 8.40. The van der Waals surface area contributed by atoms with E-state index in [1.54, 1.807) is 0 Å². The molecule has 0 bridgehead atoms. The van der Waals surface area contributed by atoms with Crippen molar-refractivity contribution >= 4 is 11.9 Å². The van der Waals surface area contributed by atoms with Crippen LogP contribution in [0.4, 0.5) is 0 Å². The van der Waals surface area contributed by atoms with E-state index >= 15 is 0 Å². The Labute approximate surface area is 134 Å². The van der Waals surface area contributed by atoms with Gasteiger partial charge in [0, 0.05) is 13.1 Å². The topological polar surface area (TPSA) is 75.6 Å².